The summed E-state index contributed by atoms with van der Waals surface area (Å²) in [6.07, 6.45) is 3.33. The van der Waals surface area contributed by atoms with Crippen molar-refractivity contribution in [2.45, 2.75) is 52.2 Å². The van der Waals surface area contributed by atoms with Gasteiger partial charge in [0.15, 0.2) is 23.7 Å². The Morgan fingerprint density at radius 3 is 2.48 bits per heavy atom. The molecule has 0 unspecified atom stereocenters. The normalized spacial score (nSPS) is 17.8. The van der Waals surface area contributed by atoms with Crippen LogP contribution in [0.5, 0.6) is 28.7 Å². The monoisotopic (exact) mass is 454 g/mol. The zero-order chi connectivity index (χ0) is 24.3. The van der Waals surface area contributed by atoms with Crippen molar-refractivity contribution >= 4 is 5.78 Å². The highest BCUT2D eigenvalue weighted by atomic mass is 16.5. The number of Topliss-reactive ketones (excluding diaryl/α,β-unsaturated/α-hetero) is 1. The second-order valence-corrected chi connectivity index (χ2v) is 8.45. The van der Waals surface area contributed by atoms with E-state index in [2.05, 4.69) is 6.08 Å². The van der Waals surface area contributed by atoms with E-state index in [1.165, 1.54) is 36.9 Å². The summed E-state index contributed by atoms with van der Waals surface area (Å²) in [7, 11) is 1.38. The maximum absolute atomic E-state index is 13.0. The number of ketones is 1. The molecule has 1 aliphatic rings. The predicted octanol–water partition coefficient (Wildman–Crippen LogP) is 4.72. The van der Waals surface area contributed by atoms with Gasteiger partial charge in [0.1, 0.15) is 22.8 Å². The lowest BCUT2D eigenvalue weighted by molar-refractivity contribution is 0.0209. The van der Waals surface area contributed by atoms with Gasteiger partial charge in [0.05, 0.1) is 7.11 Å². The van der Waals surface area contributed by atoms with Crippen LogP contribution in [0, 0.1) is 0 Å². The molecule has 0 amide bonds. The number of phenols is 3. The summed E-state index contributed by atoms with van der Waals surface area (Å²) in [5, 5.41) is 41.8. The highest BCUT2D eigenvalue weighted by Crippen LogP contribution is 2.45. The lowest BCUT2D eigenvalue weighted by atomic mass is 9.90. The van der Waals surface area contributed by atoms with Gasteiger partial charge >= 0.3 is 0 Å². The van der Waals surface area contributed by atoms with Crippen LogP contribution in [0.3, 0.4) is 0 Å². The van der Waals surface area contributed by atoms with E-state index in [1.54, 1.807) is 0 Å². The van der Waals surface area contributed by atoms with Crippen LogP contribution in [0.25, 0.3) is 0 Å². The van der Waals surface area contributed by atoms with Gasteiger partial charge in [-0.2, -0.15) is 0 Å². The average molecular weight is 455 g/mol. The van der Waals surface area contributed by atoms with Crippen LogP contribution in [0.15, 0.2) is 47.6 Å². The second-order valence-electron chi connectivity index (χ2n) is 8.45. The van der Waals surface area contributed by atoms with Crippen LogP contribution in [-0.2, 0) is 6.42 Å². The molecule has 0 radical (unpaired) electrons. The van der Waals surface area contributed by atoms with Gasteiger partial charge < -0.3 is 29.9 Å². The number of ether oxygens (including phenoxy) is 2. The van der Waals surface area contributed by atoms with Crippen LogP contribution in [-0.4, -0.2) is 39.4 Å². The molecule has 0 spiro atoms. The highest BCUT2D eigenvalue weighted by Gasteiger charge is 2.40. The fourth-order valence-electron chi connectivity index (χ4n) is 3.78. The van der Waals surface area contributed by atoms with Crippen molar-refractivity contribution in [2.24, 2.45) is 0 Å². The summed E-state index contributed by atoms with van der Waals surface area (Å²) in [4.78, 5) is 13.0. The average Bonchev–Trinajstić information content (AvgIpc) is 2.76. The smallest absolute Gasteiger partial charge is 0.202 e. The third-order valence-electron chi connectivity index (χ3n) is 5.68. The Balaban J connectivity index is 1.90. The molecule has 0 aromatic heterocycles. The van der Waals surface area contributed by atoms with Gasteiger partial charge in [-0.15, -0.1) is 0 Å². The van der Waals surface area contributed by atoms with Crippen molar-refractivity contribution in [1.82, 2.24) is 0 Å². The molecule has 4 N–H and O–H groups in total. The molecule has 2 atom stereocenters. The molecule has 0 saturated heterocycles. The molecule has 33 heavy (non-hydrogen) atoms. The number of allylic oxidation sites excluding steroid dienone is 4. The molecule has 1 heterocycles. The van der Waals surface area contributed by atoms with E-state index in [1.807, 2.05) is 26.8 Å². The highest BCUT2D eigenvalue weighted by molar-refractivity contribution is 6.06. The molecular formula is C26H30O7. The Kier molecular flexibility index (Phi) is 7.33. The Labute approximate surface area is 193 Å². The van der Waals surface area contributed by atoms with Crippen LogP contribution in [0.1, 0.15) is 61.2 Å². The molecule has 2 aromatic rings. The maximum Gasteiger partial charge on any atom is 0.202 e. The molecule has 7 nitrogen and oxygen atoms in total. The number of methoxy groups -OCH3 is 1. The lowest BCUT2D eigenvalue weighted by Gasteiger charge is -2.31. The third kappa shape index (κ3) is 5.14. The second kappa shape index (κ2) is 10.0. The molecular weight excluding hydrogens is 424 g/mol. The van der Waals surface area contributed by atoms with Crippen molar-refractivity contribution in [2.75, 3.05) is 7.11 Å². The Morgan fingerprint density at radius 1 is 1.09 bits per heavy atom. The van der Waals surface area contributed by atoms with Crippen molar-refractivity contribution in [3.05, 3.63) is 64.3 Å². The fourth-order valence-corrected chi connectivity index (χ4v) is 3.78. The summed E-state index contributed by atoms with van der Waals surface area (Å²) in [5.41, 5.74) is 2.77. The first-order valence-corrected chi connectivity index (χ1v) is 10.8. The molecule has 176 valence electrons. The van der Waals surface area contributed by atoms with Crippen molar-refractivity contribution < 1.29 is 34.7 Å². The maximum atomic E-state index is 13.0. The first kappa shape index (κ1) is 24.2. The molecule has 0 aliphatic carbocycles. The number of aliphatic hydroxyl groups is 1. The zero-order valence-corrected chi connectivity index (χ0v) is 19.3. The fraction of sp³-hybridized carbons (Fsp3) is 0.346. The third-order valence-corrected chi connectivity index (χ3v) is 5.68. The van der Waals surface area contributed by atoms with E-state index in [0.717, 1.165) is 18.4 Å². The summed E-state index contributed by atoms with van der Waals surface area (Å²) >= 11 is 0. The minimum absolute atomic E-state index is 0.0228. The van der Waals surface area contributed by atoms with E-state index >= 15 is 0 Å². The Bertz CT molecular complexity index is 1110. The molecule has 2 aromatic carbocycles. The van der Waals surface area contributed by atoms with E-state index in [-0.39, 0.29) is 40.5 Å². The van der Waals surface area contributed by atoms with Gasteiger partial charge in [0.2, 0.25) is 5.78 Å². The number of phenolic OH excluding ortho intramolecular Hbond substituents is 3. The summed E-state index contributed by atoms with van der Waals surface area (Å²) in [5.74, 6) is -1.27. The topological polar surface area (TPSA) is 116 Å². The van der Waals surface area contributed by atoms with E-state index in [9.17, 15) is 25.2 Å². The standard InChI is InChI=1S/C26H30O7/c1-14(2)6-5-7-15(3)8-10-17-19(28)13-21-22(23(17)29)24(30)25(31)26(33-21)16-9-11-18(27)20(12-16)32-4/h6,8-9,11-13,25-29,31H,5,7,10H2,1-4H3/t25-,26+/m0/s1. The summed E-state index contributed by atoms with van der Waals surface area (Å²) in [6, 6.07) is 5.61. The van der Waals surface area contributed by atoms with Gasteiger partial charge in [-0.25, -0.2) is 0 Å². The van der Waals surface area contributed by atoms with E-state index in [4.69, 9.17) is 9.47 Å². The van der Waals surface area contributed by atoms with Crippen molar-refractivity contribution in [3.63, 3.8) is 0 Å². The Morgan fingerprint density at radius 2 is 1.82 bits per heavy atom. The zero-order valence-electron chi connectivity index (χ0n) is 19.3. The van der Waals surface area contributed by atoms with E-state index < -0.39 is 23.7 Å². The molecule has 3 rings (SSSR count). The number of aromatic hydroxyl groups is 3. The number of benzene rings is 2. The van der Waals surface area contributed by atoms with E-state index in [0.29, 0.717) is 5.56 Å². The molecule has 0 bridgehead atoms. The largest absolute Gasteiger partial charge is 0.507 e. The molecule has 7 heteroatoms. The number of carbonyl (C=O) groups excluding carboxylic acids is 1. The van der Waals surface area contributed by atoms with Gasteiger partial charge in [0, 0.05) is 11.6 Å². The molecule has 1 aliphatic heterocycles. The van der Waals surface area contributed by atoms with Gasteiger partial charge in [-0.1, -0.05) is 29.4 Å². The first-order valence-electron chi connectivity index (χ1n) is 10.8. The van der Waals surface area contributed by atoms with Gasteiger partial charge in [0.25, 0.3) is 0 Å². The summed E-state index contributed by atoms with van der Waals surface area (Å²) < 4.78 is 10.9. The minimum atomic E-state index is -1.59. The first-order chi connectivity index (χ1) is 15.6. The Hall–Kier alpha value is -3.45. The SMILES string of the molecule is COc1cc([C@H]2Oc3cc(O)c(CC=C(C)CCC=C(C)C)c(O)c3C(=O)[C@@H]2O)ccc1O. The number of hydrogen-bond donors (Lipinski definition) is 4. The van der Waals surface area contributed by atoms with Gasteiger partial charge in [-0.05, 0) is 57.7 Å². The van der Waals surface area contributed by atoms with Crippen LogP contribution < -0.4 is 9.47 Å². The number of aliphatic hydroxyl groups excluding tert-OH is 1. The predicted molar refractivity (Wildman–Crippen MR) is 124 cm³/mol. The van der Waals surface area contributed by atoms with Crippen LogP contribution >= 0.6 is 0 Å². The quantitative estimate of drug-likeness (QED) is 0.447. The minimum Gasteiger partial charge on any atom is -0.507 e. The number of hydrogen-bond acceptors (Lipinski definition) is 7. The van der Waals surface area contributed by atoms with Crippen molar-refractivity contribution in [1.29, 1.82) is 0 Å². The van der Waals surface area contributed by atoms with Crippen LogP contribution in [0.2, 0.25) is 0 Å². The molecule has 0 saturated carbocycles. The van der Waals surface area contributed by atoms with Crippen LogP contribution in [0.4, 0.5) is 0 Å². The molecule has 0 fully saturated rings. The van der Waals surface area contributed by atoms with Gasteiger partial charge in [-0.3, -0.25) is 4.79 Å². The summed E-state index contributed by atoms with van der Waals surface area (Å²) in [6.45, 7) is 6.05. The number of fused-ring (bicyclic) bond motifs is 1. The lowest BCUT2D eigenvalue weighted by Crippen LogP contribution is -2.36. The number of rotatable bonds is 7. The number of carbonyl (C=O) groups is 1. The van der Waals surface area contributed by atoms with Crippen molar-refractivity contribution in [3.8, 4) is 28.7 Å².